The van der Waals surface area contributed by atoms with Gasteiger partial charge in [0, 0.05) is 25.7 Å². The molecule has 4 aliphatic carbocycles. The summed E-state index contributed by atoms with van der Waals surface area (Å²) >= 11 is 4.02. The third-order valence-corrected chi connectivity index (χ3v) is 11.7. The molecule has 5 nitrogen and oxygen atoms in total. The van der Waals surface area contributed by atoms with E-state index >= 15 is 0 Å². The van der Waals surface area contributed by atoms with Crippen LogP contribution in [-0.4, -0.2) is 39.2 Å². The molecule has 0 heterocycles. The first-order chi connectivity index (χ1) is 13.9. The molecule has 0 spiro atoms. The lowest BCUT2D eigenvalue weighted by atomic mass is 9.43. The predicted octanol–water partition coefficient (Wildman–Crippen LogP) is 4.77. The lowest BCUT2D eigenvalue weighted by Crippen LogP contribution is -2.66. The monoisotopic (exact) mass is 484 g/mol. The van der Waals surface area contributed by atoms with Gasteiger partial charge in [-0.1, -0.05) is 29.8 Å². The summed E-state index contributed by atoms with van der Waals surface area (Å²) in [5.74, 6) is 0.955. The molecule has 6 heteroatoms. The highest BCUT2D eigenvalue weighted by atomic mass is 79.9. The van der Waals surface area contributed by atoms with Gasteiger partial charge in [0.1, 0.15) is 11.7 Å². The summed E-state index contributed by atoms with van der Waals surface area (Å²) in [4.78, 5) is 23.4. The lowest BCUT2D eigenvalue weighted by molar-refractivity contribution is -0.192. The van der Waals surface area contributed by atoms with Crippen molar-refractivity contribution in [3.8, 4) is 0 Å². The Balaban J connectivity index is 1.63. The minimum atomic E-state index is -0.481. The van der Waals surface area contributed by atoms with Gasteiger partial charge in [-0.15, -0.1) is 0 Å². The molecule has 170 valence electrons. The van der Waals surface area contributed by atoms with Gasteiger partial charge in [0.2, 0.25) is 0 Å². The quantitative estimate of drug-likeness (QED) is 0.451. The molecule has 0 radical (unpaired) electrons. The molecule has 4 rings (SSSR count). The van der Waals surface area contributed by atoms with Crippen LogP contribution in [0.1, 0.15) is 86.0 Å². The maximum atomic E-state index is 11.8. The number of alkyl halides is 1. The molecule has 0 aromatic rings. The molecule has 0 bridgehead atoms. The zero-order valence-corrected chi connectivity index (χ0v) is 20.6. The highest BCUT2D eigenvalue weighted by Crippen LogP contribution is 2.71. The van der Waals surface area contributed by atoms with Crippen LogP contribution in [0.15, 0.2) is 0 Å². The first-order valence-electron chi connectivity index (χ1n) is 11.6. The smallest absolute Gasteiger partial charge is 0.303 e. The number of fused-ring (bicyclic) bond motifs is 5. The van der Waals surface area contributed by atoms with Gasteiger partial charge in [0.05, 0.1) is 10.4 Å². The fourth-order valence-electron chi connectivity index (χ4n) is 8.24. The van der Waals surface area contributed by atoms with Crippen molar-refractivity contribution in [3.05, 3.63) is 0 Å². The van der Waals surface area contributed by atoms with Gasteiger partial charge < -0.3 is 14.6 Å². The van der Waals surface area contributed by atoms with E-state index in [1.807, 2.05) is 0 Å². The van der Waals surface area contributed by atoms with Crippen LogP contribution in [-0.2, 0) is 19.1 Å². The molecular weight excluding hydrogens is 448 g/mol. The summed E-state index contributed by atoms with van der Waals surface area (Å²) in [5.41, 5.74) is -0.513. The number of rotatable bonds is 2. The van der Waals surface area contributed by atoms with E-state index in [9.17, 15) is 14.7 Å². The van der Waals surface area contributed by atoms with Gasteiger partial charge in [-0.2, -0.15) is 0 Å². The summed E-state index contributed by atoms with van der Waals surface area (Å²) in [5, 5.41) is 11.4. The summed E-state index contributed by atoms with van der Waals surface area (Å²) in [6.07, 6.45) is 6.70. The molecule has 9 atom stereocenters. The second-order valence-corrected chi connectivity index (χ2v) is 12.6. The number of halogens is 1. The van der Waals surface area contributed by atoms with Crippen LogP contribution in [0, 0.1) is 28.6 Å². The number of hydrogen-bond acceptors (Lipinski definition) is 5. The minimum Gasteiger partial charge on any atom is -0.463 e. The van der Waals surface area contributed by atoms with E-state index < -0.39 is 16.0 Å². The van der Waals surface area contributed by atoms with Crippen LogP contribution in [0.4, 0.5) is 0 Å². The van der Waals surface area contributed by atoms with Crippen molar-refractivity contribution < 1.29 is 24.2 Å². The Morgan fingerprint density at radius 3 is 2.17 bits per heavy atom. The Morgan fingerprint density at radius 2 is 1.53 bits per heavy atom. The fraction of sp³-hybridized carbons (Fsp3) is 0.917. The number of esters is 2. The molecule has 0 aliphatic heterocycles. The molecule has 4 fully saturated rings. The van der Waals surface area contributed by atoms with Crippen molar-refractivity contribution in [1.82, 2.24) is 0 Å². The summed E-state index contributed by atoms with van der Waals surface area (Å²) in [6, 6.07) is 0. The number of aliphatic hydroxyl groups excluding tert-OH is 1. The average Bonchev–Trinajstić information content (AvgIpc) is 2.88. The summed E-state index contributed by atoms with van der Waals surface area (Å²) < 4.78 is 11.1. The third kappa shape index (κ3) is 3.02. The van der Waals surface area contributed by atoms with E-state index in [0.29, 0.717) is 24.2 Å². The van der Waals surface area contributed by atoms with Crippen molar-refractivity contribution in [2.24, 2.45) is 28.6 Å². The Bertz CT molecular complexity index is 741. The van der Waals surface area contributed by atoms with Gasteiger partial charge in [0.25, 0.3) is 0 Å². The molecule has 0 saturated heterocycles. The fourth-order valence-corrected chi connectivity index (χ4v) is 9.28. The maximum absolute atomic E-state index is 11.8. The Kier molecular flexibility index (Phi) is 5.41. The number of hydrogen-bond donors (Lipinski definition) is 1. The van der Waals surface area contributed by atoms with E-state index in [1.54, 1.807) is 0 Å². The lowest BCUT2D eigenvalue weighted by Gasteiger charge is -2.65. The van der Waals surface area contributed by atoms with E-state index in [2.05, 4.69) is 36.7 Å². The largest absolute Gasteiger partial charge is 0.463 e. The number of ether oxygens (including phenoxy) is 2. The van der Waals surface area contributed by atoms with Crippen LogP contribution in [0.2, 0.25) is 0 Å². The third-order valence-electron chi connectivity index (χ3n) is 9.97. The average molecular weight is 485 g/mol. The zero-order valence-electron chi connectivity index (χ0n) is 19.0. The van der Waals surface area contributed by atoms with Crippen LogP contribution < -0.4 is 0 Å². The van der Waals surface area contributed by atoms with Crippen molar-refractivity contribution in [2.45, 2.75) is 108 Å². The number of carbonyl (C=O) groups is 2. The molecular formula is C24H37BrO5. The molecule has 0 amide bonds. The second-order valence-electron chi connectivity index (χ2n) is 11.2. The van der Waals surface area contributed by atoms with Crippen molar-refractivity contribution >= 4 is 27.9 Å². The van der Waals surface area contributed by atoms with E-state index in [1.165, 1.54) is 13.8 Å². The Morgan fingerprint density at radius 1 is 0.933 bits per heavy atom. The second kappa shape index (κ2) is 7.19. The van der Waals surface area contributed by atoms with Crippen molar-refractivity contribution in [1.29, 1.82) is 0 Å². The number of carbonyl (C=O) groups excluding carboxylic acids is 2. The maximum Gasteiger partial charge on any atom is 0.303 e. The van der Waals surface area contributed by atoms with Crippen LogP contribution in [0.5, 0.6) is 0 Å². The topological polar surface area (TPSA) is 72.8 Å². The van der Waals surface area contributed by atoms with Crippen molar-refractivity contribution in [3.63, 3.8) is 0 Å². The van der Waals surface area contributed by atoms with Gasteiger partial charge in [-0.3, -0.25) is 9.59 Å². The predicted molar refractivity (Wildman–Crippen MR) is 117 cm³/mol. The highest BCUT2D eigenvalue weighted by molar-refractivity contribution is 9.10. The van der Waals surface area contributed by atoms with Crippen LogP contribution >= 0.6 is 15.9 Å². The van der Waals surface area contributed by atoms with Crippen LogP contribution in [0.3, 0.4) is 0 Å². The molecule has 0 aromatic heterocycles. The number of aliphatic hydroxyl groups is 1. The highest BCUT2D eigenvalue weighted by Gasteiger charge is 2.69. The standard InChI is InChI=1S/C24H37BrO5/c1-14(26)29-16-6-9-22(4)19-7-10-21(3)18(8-11-23(21,5)30-15(2)27)17(19)12-20(28)24(22,25)13-16/h16-20,28H,6-13H2,1-5H3/t16-,17-,18-,19-,20+,21-,22+,23-,24-/m0/s1. The van der Waals surface area contributed by atoms with Gasteiger partial charge in [-0.05, 0) is 75.0 Å². The van der Waals surface area contributed by atoms with Crippen molar-refractivity contribution in [2.75, 3.05) is 0 Å². The van der Waals surface area contributed by atoms with E-state index in [-0.39, 0.29) is 28.9 Å². The summed E-state index contributed by atoms with van der Waals surface area (Å²) in [6.45, 7) is 9.75. The molecule has 30 heavy (non-hydrogen) atoms. The summed E-state index contributed by atoms with van der Waals surface area (Å²) in [7, 11) is 0. The van der Waals surface area contributed by atoms with Crippen LogP contribution in [0.25, 0.3) is 0 Å². The molecule has 4 aliphatic rings. The first-order valence-corrected chi connectivity index (χ1v) is 12.4. The van der Waals surface area contributed by atoms with Gasteiger partial charge >= 0.3 is 11.9 Å². The molecule has 0 unspecified atom stereocenters. The van der Waals surface area contributed by atoms with Gasteiger partial charge in [0.15, 0.2) is 0 Å². The minimum absolute atomic E-state index is 0.0445. The van der Waals surface area contributed by atoms with Gasteiger partial charge in [-0.25, -0.2) is 0 Å². The normalized spacial score (nSPS) is 52.6. The SMILES string of the molecule is CC(=O)O[C@H]1CC[C@]2(C)[C@H]3CC[C@@]4(C)[C@@H](CC[C@]4(C)OC(C)=O)[C@@H]3C[C@@H](O)[C@@]2(Br)C1. The first kappa shape index (κ1) is 22.6. The Hall–Kier alpha value is -0.620. The molecule has 0 aromatic carbocycles. The Labute approximate surface area is 188 Å². The molecule has 4 saturated carbocycles. The van der Waals surface area contributed by atoms with E-state index in [0.717, 1.165) is 44.9 Å². The zero-order chi connectivity index (χ0) is 22.1. The van der Waals surface area contributed by atoms with E-state index in [4.69, 9.17) is 9.47 Å². The molecule has 1 N–H and O–H groups in total.